The summed E-state index contributed by atoms with van der Waals surface area (Å²) in [5, 5.41) is 0. The van der Waals surface area contributed by atoms with Gasteiger partial charge in [0.05, 0.1) is 16.8 Å². The van der Waals surface area contributed by atoms with E-state index in [-0.39, 0.29) is 28.7 Å². The van der Waals surface area contributed by atoms with Crippen molar-refractivity contribution in [1.29, 1.82) is 0 Å². The van der Waals surface area contributed by atoms with Gasteiger partial charge in [-0.3, -0.25) is 19.4 Å². The quantitative estimate of drug-likeness (QED) is 0.353. The van der Waals surface area contributed by atoms with E-state index in [1.54, 1.807) is 30.5 Å². The van der Waals surface area contributed by atoms with Crippen molar-refractivity contribution in [2.24, 2.45) is 5.41 Å². The molecule has 0 atom stereocenters. The second kappa shape index (κ2) is 10.3. The summed E-state index contributed by atoms with van der Waals surface area (Å²) in [6.45, 7) is 2.55. The Morgan fingerprint density at radius 2 is 1.31 bits per heavy atom. The summed E-state index contributed by atoms with van der Waals surface area (Å²) >= 11 is 0. The average molecular weight is 519 g/mol. The minimum absolute atomic E-state index is 0.0230. The van der Waals surface area contributed by atoms with Crippen LogP contribution in [0.25, 0.3) is 5.69 Å². The second-order valence-electron chi connectivity index (χ2n) is 10.5. The molecule has 0 aliphatic carbocycles. The van der Waals surface area contributed by atoms with Crippen molar-refractivity contribution in [2.75, 3.05) is 26.2 Å². The molecule has 6 rings (SSSR count). The number of rotatable bonds is 5. The van der Waals surface area contributed by atoms with Gasteiger partial charge in [-0.25, -0.2) is 0 Å². The Labute approximate surface area is 227 Å². The highest BCUT2D eigenvalue weighted by atomic mass is 16.2. The van der Waals surface area contributed by atoms with Gasteiger partial charge in [0.25, 0.3) is 11.8 Å². The number of benzene rings is 2. The third-order valence-corrected chi connectivity index (χ3v) is 8.14. The topological polar surface area (TPSA) is 75.5 Å². The van der Waals surface area contributed by atoms with Crippen LogP contribution in [0.1, 0.15) is 56.0 Å². The zero-order chi connectivity index (χ0) is 26.8. The number of nitrogens with zero attached hydrogens (tertiary/aromatic N) is 4. The van der Waals surface area contributed by atoms with Gasteiger partial charge in [-0.1, -0.05) is 42.5 Å². The summed E-state index contributed by atoms with van der Waals surface area (Å²) in [4.78, 5) is 48.3. The Bertz CT molecular complexity index is 1510. The Hall–Kier alpha value is -4.52. The molecule has 1 spiro atoms. The number of likely N-dealkylation sites (tertiary alicyclic amines) is 2. The summed E-state index contributed by atoms with van der Waals surface area (Å²) in [5.41, 5.74) is 2.62. The van der Waals surface area contributed by atoms with Crippen LogP contribution in [0.3, 0.4) is 0 Å². The van der Waals surface area contributed by atoms with Crippen molar-refractivity contribution < 1.29 is 14.4 Å². The predicted octanol–water partition coefficient (Wildman–Crippen LogP) is 4.87. The van der Waals surface area contributed by atoms with Gasteiger partial charge < -0.3 is 14.4 Å². The monoisotopic (exact) mass is 518 g/mol. The van der Waals surface area contributed by atoms with Crippen LogP contribution < -0.4 is 0 Å². The maximum Gasteiger partial charge on any atom is 0.273 e. The van der Waals surface area contributed by atoms with Gasteiger partial charge in [0.1, 0.15) is 5.69 Å². The van der Waals surface area contributed by atoms with Gasteiger partial charge >= 0.3 is 0 Å². The molecule has 7 heteroatoms. The maximum absolute atomic E-state index is 13.6. The number of ketones is 1. The standard InChI is InChI=1S/C32H30N4O3/c37-29(24-9-2-1-3-10-24)26-12-8-17-33-28(26)31(39)36-22-16-32(23-36)14-20-35(21-15-32)30(38)25-11-4-5-13-27(25)34-18-6-7-19-34/h1-13,17-19H,14-16,20-23H2. The summed E-state index contributed by atoms with van der Waals surface area (Å²) in [6, 6.07) is 24.0. The molecule has 4 heterocycles. The van der Waals surface area contributed by atoms with Gasteiger partial charge in [-0.15, -0.1) is 0 Å². The molecule has 0 radical (unpaired) electrons. The lowest BCUT2D eigenvalue weighted by Crippen LogP contribution is -2.45. The van der Waals surface area contributed by atoms with Crippen molar-refractivity contribution in [2.45, 2.75) is 19.3 Å². The lowest BCUT2D eigenvalue weighted by molar-refractivity contribution is 0.0564. The number of amides is 2. The molecule has 2 aromatic heterocycles. The number of para-hydroxylation sites is 1. The largest absolute Gasteiger partial charge is 0.339 e. The third kappa shape index (κ3) is 4.76. The van der Waals surface area contributed by atoms with E-state index in [2.05, 4.69) is 4.98 Å². The van der Waals surface area contributed by atoms with Gasteiger partial charge in [0.15, 0.2) is 5.78 Å². The number of hydrogen-bond donors (Lipinski definition) is 0. The number of piperidine rings is 1. The highest BCUT2D eigenvalue weighted by Gasteiger charge is 2.43. The van der Waals surface area contributed by atoms with E-state index in [1.165, 1.54) is 0 Å². The Kier molecular flexibility index (Phi) is 6.57. The molecule has 7 nitrogen and oxygen atoms in total. The van der Waals surface area contributed by atoms with Crippen molar-refractivity contribution in [3.8, 4) is 5.69 Å². The minimum Gasteiger partial charge on any atom is -0.339 e. The number of aromatic nitrogens is 2. The zero-order valence-electron chi connectivity index (χ0n) is 21.7. The average Bonchev–Trinajstić information content (AvgIpc) is 3.68. The first-order valence-corrected chi connectivity index (χ1v) is 13.4. The lowest BCUT2D eigenvalue weighted by atomic mass is 9.77. The highest BCUT2D eigenvalue weighted by Crippen LogP contribution is 2.41. The van der Waals surface area contributed by atoms with Gasteiger partial charge in [-0.2, -0.15) is 0 Å². The van der Waals surface area contributed by atoms with Crippen LogP contribution in [0.2, 0.25) is 0 Å². The van der Waals surface area contributed by atoms with Crippen LogP contribution in [-0.2, 0) is 0 Å². The van der Waals surface area contributed by atoms with Crippen molar-refractivity contribution in [1.82, 2.24) is 19.4 Å². The predicted molar refractivity (Wildman–Crippen MR) is 148 cm³/mol. The van der Waals surface area contributed by atoms with E-state index in [1.807, 2.05) is 81.4 Å². The molecule has 39 heavy (non-hydrogen) atoms. The molecule has 2 amide bonds. The fourth-order valence-corrected chi connectivity index (χ4v) is 5.90. The third-order valence-electron chi connectivity index (χ3n) is 8.14. The Balaban J connectivity index is 1.14. The van der Waals surface area contributed by atoms with E-state index in [4.69, 9.17) is 0 Å². The molecular formula is C32H30N4O3. The van der Waals surface area contributed by atoms with Crippen LogP contribution in [-0.4, -0.2) is 63.1 Å². The molecule has 0 N–H and O–H groups in total. The molecule has 4 aromatic rings. The van der Waals surface area contributed by atoms with Crippen LogP contribution in [0, 0.1) is 5.41 Å². The SMILES string of the molecule is O=C(c1ccccc1)c1cccnc1C(=O)N1CCC2(CCN(C(=O)c3ccccc3-n3cccc3)CC2)C1. The summed E-state index contributed by atoms with van der Waals surface area (Å²) in [5.74, 6) is -0.364. The molecule has 2 aliphatic rings. The first-order valence-electron chi connectivity index (χ1n) is 13.4. The number of carbonyl (C=O) groups is 3. The molecule has 2 saturated heterocycles. The summed E-state index contributed by atoms with van der Waals surface area (Å²) in [6.07, 6.45) is 8.02. The highest BCUT2D eigenvalue weighted by molar-refractivity contribution is 6.14. The molecule has 0 unspecified atom stereocenters. The first kappa shape index (κ1) is 24.8. The minimum atomic E-state index is -0.203. The van der Waals surface area contributed by atoms with E-state index in [0.717, 1.165) is 24.9 Å². The van der Waals surface area contributed by atoms with Crippen LogP contribution in [0.5, 0.6) is 0 Å². The summed E-state index contributed by atoms with van der Waals surface area (Å²) in [7, 11) is 0. The smallest absolute Gasteiger partial charge is 0.273 e. The van der Waals surface area contributed by atoms with Crippen molar-refractivity contribution in [3.63, 3.8) is 0 Å². The molecule has 196 valence electrons. The number of pyridine rings is 1. The van der Waals surface area contributed by atoms with Crippen LogP contribution in [0.15, 0.2) is 97.5 Å². The second-order valence-corrected chi connectivity index (χ2v) is 10.5. The number of hydrogen-bond acceptors (Lipinski definition) is 4. The zero-order valence-corrected chi connectivity index (χ0v) is 21.7. The van der Waals surface area contributed by atoms with E-state index >= 15 is 0 Å². The van der Waals surface area contributed by atoms with Crippen molar-refractivity contribution in [3.05, 3.63) is 120 Å². The lowest BCUT2D eigenvalue weighted by Gasteiger charge is -2.39. The fraction of sp³-hybridized carbons (Fsp3) is 0.250. The van der Waals surface area contributed by atoms with Crippen LogP contribution in [0.4, 0.5) is 0 Å². The Morgan fingerprint density at radius 3 is 2.05 bits per heavy atom. The van der Waals surface area contributed by atoms with E-state index in [0.29, 0.717) is 42.9 Å². The normalized spacial score (nSPS) is 16.4. The maximum atomic E-state index is 13.6. The molecule has 0 bridgehead atoms. The van der Waals surface area contributed by atoms with Gasteiger partial charge in [-0.05, 0) is 61.1 Å². The summed E-state index contributed by atoms with van der Waals surface area (Å²) < 4.78 is 1.97. The molecular weight excluding hydrogens is 488 g/mol. The molecule has 2 fully saturated rings. The van der Waals surface area contributed by atoms with Gasteiger partial charge in [0, 0.05) is 50.3 Å². The van der Waals surface area contributed by atoms with Crippen LogP contribution >= 0.6 is 0 Å². The molecule has 2 aliphatic heterocycles. The Morgan fingerprint density at radius 1 is 0.667 bits per heavy atom. The molecule has 0 saturated carbocycles. The molecule has 2 aromatic carbocycles. The first-order chi connectivity index (χ1) is 19.0. The fourth-order valence-electron chi connectivity index (χ4n) is 5.90. The van der Waals surface area contributed by atoms with Gasteiger partial charge in [0.2, 0.25) is 0 Å². The van der Waals surface area contributed by atoms with Crippen molar-refractivity contribution >= 4 is 17.6 Å². The van der Waals surface area contributed by atoms with E-state index in [9.17, 15) is 14.4 Å². The number of carbonyl (C=O) groups excluding carboxylic acids is 3. The van der Waals surface area contributed by atoms with E-state index < -0.39 is 0 Å².